The minimum atomic E-state index is -0.447. The number of benzene rings is 2. The number of esters is 1. The lowest BCUT2D eigenvalue weighted by Crippen LogP contribution is -2.31. The van der Waals surface area contributed by atoms with Crippen molar-refractivity contribution in [2.24, 2.45) is 0 Å². The van der Waals surface area contributed by atoms with Gasteiger partial charge in [0.25, 0.3) is 0 Å². The van der Waals surface area contributed by atoms with Crippen molar-refractivity contribution in [3.05, 3.63) is 77.2 Å². The first-order valence-corrected chi connectivity index (χ1v) is 9.95. The molecule has 2 aromatic carbocycles. The van der Waals surface area contributed by atoms with E-state index in [2.05, 4.69) is 44.1 Å². The fraction of sp³-hybridized carbons (Fsp3) is 0.167. The van der Waals surface area contributed by atoms with E-state index in [0.29, 0.717) is 23.6 Å². The minimum Gasteiger partial charge on any atom is -0.465 e. The van der Waals surface area contributed by atoms with E-state index < -0.39 is 5.97 Å². The number of ether oxygens (including phenoxy) is 1. The van der Waals surface area contributed by atoms with Crippen LogP contribution < -0.4 is 4.90 Å². The van der Waals surface area contributed by atoms with Gasteiger partial charge in [0.1, 0.15) is 0 Å². The van der Waals surface area contributed by atoms with E-state index in [4.69, 9.17) is 4.74 Å². The number of rotatable bonds is 3. The molecule has 4 aromatic rings. The van der Waals surface area contributed by atoms with E-state index in [1.807, 2.05) is 24.3 Å². The third kappa shape index (κ3) is 3.38. The minimum absolute atomic E-state index is 0.334. The summed E-state index contributed by atoms with van der Waals surface area (Å²) in [6.07, 6.45) is 3.85. The van der Waals surface area contributed by atoms with Gasteiger partial charge in [-0.05, 0) is 35.4 Å². The number of nitrogens with zero attached hydrogens (tertiary/aromatic N) is 4. The maximum absolute atomic E-state index is 11.6. The average molecular weight is 409 g/mol. The Labute approximate surface area is 178 Å². The van der Waals surface area contributed by atoms with Gasteiger partial charge < -0.3 is 14.6 Å². The molecular weight excluding hydrogens is 390 g/mol. The summed E-state index contributed by atoms with van der Waals surface area (Å²) in [5.74, 6) is 0.141. The van der Waals surface area contributed by atoms with Crippen LogP contribution in [-0.4, -0.2) is 34.6 Å². The van der Waals surface area contributed by atoms with Gasteiger partial charge in [0.2, 0.25) is 5.95 Å². The first-order valence-electron chi connectivity index (χ1n) is 9.95. The highest BCUT2D eigenvalue weighted by Gasteiger charge is 2.23. The quantitative estimate of drug-likeness (QED) is 0.517. The van der Waals surface area contributed by atoms with Gasteiger partial charge in [-0.15, -0.1) is 0 Å². The van der Waals surface area contributed by atoms with E-state index in [0.717, 1.165) is 35.0 Å². The molecule has 0 amide bonds. The van der Waals surface area contributed by atoms with E-state index in [-0.39, 0.29) is 0 Å². The zero-order chi connectivity index (χ0) is 21.4. The van der Waals surface area contributed by atoms with Gasteiger partial charge in [0.05, 0.1) is 24.3 Å². The summed E-state index contributed by atoms with van der Waals surface area (Å²) < 4.78 is 4.71. The number of nitrogens with one attached hydrogen (secondary N) is 1. The first kappa shape index (κ1) is 18.8. The second-order valence-electron chi connectivity index (χ2n) is 7.47. The summed E-state index contributed by atoms with van der Waals surface area (Å²) >= 11 is 0. The Morgan fingerprint density at radius 3 is 2.74 bits per heavy atom. The lowest BCUT2D eigenvalue weighted by atomic mass is 9.99. The predicted octanol–water partition coefficient (Wildman–Crippen LogP) is 3.85. The average Bonchev–Trinajstić information content (AvgIpc) is 3.20. The summed E-state index contributed by atoms with van der Waals surface area (Å²) in [5.41, 5.74) is 6.61. The Kier molecular flexibility index (Phi) is 4.60. The van der Waals surface area contributed by atoms with Crippen LogP contribution in [0.2, 0.25) is 0 Å². The molecule has 0 fully saturated rings. The number of nitriles is 1. The topological polar surface area (TPSA) is 94.9 Å². The molecule has 0 saturated carbocycles. The Bertz CT molecular complexity index is 1330. The molecule has 31 heavy (non-hydrogen) atoms. The van der Waals surface area contributed by atoms with Crippen LogP contribution in [0, 0.1) is 11.3 Å². The van der Waals surface area contributed by atoms with E-state index >= 15 is 0 Å². The number of aromatic nitrogens is 3. The van der Waals surface area contributed by atoms with Crippen molar-refractivity contribution in [1.82, 2.24) is 15.0 Å². The molecule has 152 valence electrons. The first-order chi connectivity index (χ1) is 15.2. The smallest absolute Gasteiger partial charge is 0.341 e. The number of H-pyrrole nitrogens is 1. The van der Waals surface area contributed by atoms with Crippen LogP contribution in [0.15, 0.2) is 54.9 Å². The monoisotopic (exact) mass is 409 g/mol. The Morgan fingerprint density at radius 2 is 1.97 bits per heavy atom. The Hall–Kier alpha value is -4.18. The molecule has 1 N–H and O–H groups in total. The van der Waals surface area contributed by atoms with Crippen LogP contribution >= 0.6 is 0 Å². The standard InChI is InChI=1S/C24H19N5O2/c1-31-23(30)18-12-26-24(27-13-18)29-8-7-22-20(14-29)19-10-17(5-6-21(19)28-22)16-4-2-3-15(9-16)11-25/h2-6,9-10,12-13,28H,7-8,14H2,1H3. The normalized spacial score (nSPS) is 13.0. The molecule has 5 rings (SSSR count). The van der Waals surface area contributed by atoms with Crippen LogP contribution in [0.3, 0.4) is 0 Å². The van der Waals surface area contributed by atoms with Crippen molar-refractivity contribution in [2.75, 3.05) is 18.6 Å². The molecule has 2 aromatic heterocycles. The molecule has 1 aliphatic heterocycles. The van der Waals surface area contributed by atoms with Crippen LogP contribution in [0.5, 0.6) is 0 Å². The Morgan fingerprint density at radius 1 is 1.16 bits per heavy atom. The van der Waals surface area contributed by atoms with E-state index in [1.165, 1.54) is 30.8 Å². The summed E-state index contributed by atoms with van der Waals surface area (Å²) in [4.78, 5) is 26.0. The fourth-order valence-corrected chi connectivity index (χ4v) is 4.04. The zero-order valence-electron chi connectivity index (χ0n) is 16.9. The number of carbonyl (C=O) groups excluding carboxylic acids is 1. The van der Waals surface area contributed by atoms with Gasteiger partial charge in [-0.25, -0.2) is 14.8 Å². The molecule has 0 spiro atoms. The summed E-state index contributed by atoms with van der Waals surface area (Å²) in [6, 6.07) is 16.2. The predicted molar refractivity (Wildman–Crippen MR) is 117 cm³/mol. The highest BCUT2D eigenvalue weighted by atomic mass is 16.5. The van der Waals surface area contributed by atoms with Crippen LogP contribution in [0.1, 0.15) is 27.2 Å². The summed E-state index contributed by atoms with van der Waals surface area (Å²) in [5, 5.41) is 10.4. The maximum Gasteiger partial charge on any atom is 0.341 e. The van der Waals surface area contributed by atoms with Crippen LogP contribution in [0.25, 0.3) is 22.0 Å². The van der Waals surface area contributed by atoms with Crippen molar-refractivity contribution >= 4 is 22.8 Å². The number of anilines is 1. The molecule has 7 nitrogen and oxygen atoms in total. The van der Waals surface area contributed by atoms with Gasteiger partial charge in [0.15, 0.2) is 0 Å². The molecule has 0 bridgehead atoms. The second kappa shape index (κ2) is 7.58. The van der Waals surface area contributed by atoms with Gasteiger partial charge in [-0.2, -0.15) is 5.26 Å². The molecule has 0 saturated heterocycles. The molecule has 1 aliphatic rings. The third-order valence-corrected chi connectivity index (χ3v) is 5.64. The van der Waals surface area contributed by atoms with Crippen LogP contribution in [-0.2, 0) is 17.7 Å². The molecule has 0 unspecified atom stereocenters. The van der Waals surface area contributed by atoms with Gasteiger partial charge in [0, 0.05) is 54.1 Å². The molecule has 0 radical (unpaired) electrons. The van der Waals surface area contributed by atoms with Crippen molar-refractivity contribution in [3.63, 3.8) is 0 Å². The van der Waals surface area contributed by atoms with Crippen molar-refractivity contribution in [3.8, 4) is 17.2 Å². The largest absolute Gasteiger partial charge is 0.465 e. The van der Waals surface area contributed by atoms with Crippen molar-refractivity contribution < 1.29 is 9.53 Å². The molecule has 3 heterocycles. The molecule has 0 atom stereocenters. The number of carbonyl (C=O) groups is 1. The number of methoxy groups -OCH3 is 1. The highest BCUT2D eigenvalue weighted by Crippen LogP contribution is 2.32. The van der Waals surface area contributed by atoms with E-state index in [1.54, 1.807) is 0 Å². The van der Waals surface area contributed by atoms with Crippen molar-refractivity contribution in [1.29, 1.82) is 5.26 Å². The number of hydrogen-bond acceptors (Lipinski definition) is 6. The van der Waals surface area contributed by atoms with E-state index in [9.17, 15) is 10.1 Å². The van der Waals surface area contributed by atoms with Crippen molar-refractivity contribution in [2.45, 2.75) is 13.0 Å². The third-order valence-electron chi connectivity index (χ3n) is 5.64. The zero-order valence-corrected chi connectivity index (χ0v) is 16.9. The lowest BCUT2D eigenvalue weighted by Gasteiger charge is -2.27. The lowest BCUT2D eigenvalue weighted by molar-refractivity contribution is 0.0600. The maximum atomic E-state index is 11.6. The SMILES string of the molecule is COC(=O)c1cnc(N2CCc3[nH]c4ccc(-c5cccc(C#N)c5)cc4c3C2)nc1. The number of aromatic amines is 1. The van der Waals surface area contributed by atoms with Gasteiger partial charge in [-0.1, -0.05) is 18.2 Å². The van der Waals surface area contributed by atoms with Gasteiger partial charge >= 0.3 is 5.97 Å². The van der Waals surface area contributed by atoms with Gasteiger partial charge in [-0.3, -0.25) is 0 Å². The van der Waals surface area contributed by atoms with Crippen LogP contribution in [0.4, 0.5) is 5.95 Å². The second-order valence-corrected chi connectivity index (χ2v) is 7.47. The molecule has 7 heteroatoms. The fourth-order valence-electron chi connectivity index (χ4n) is 4.04. The highest BCUT2D eigenvalue weighted by molar-refractivity contribution is 5.90. The molecular formula is C24H19N5O2. The Balaban J connectivity index is 1.48. The summed E-state index contributed by atoms with van der Waals surface area (Å²) in [7, 11) is 1.34. The summed E-state index contributed by atoms with van der Waals surface area (Å²) in [6.45, 7) is 1.46. The number of hydrogen-bond donors (Lipinski definition) is 1. The number of fused-ring (bicyclic) bond motifs is 3. The molecule has 0 aliphatic carbocycles.